The van der Waals surface area contributed by atoms with Gasteiger partial charge in [-0.05, 0) is 46.3 Å². The van der Waals surface area contributed by atoms with E-state index >= 15 is 0 Å². The van der Waals surface area contributed by atoms with E-state index in [0.29, 0.717) is 22.5 Å². The molecule has 0 radical (unpaired) electrons. The molecule has 25 heavy (non-hydrogen) atoms. The zero-order valence-electron chi connectivity index (χ0n) is 13.6. The Kier molecular flexibility index (Phi) is 6.27. The molecule has 1 aromatic heterocycles. The van der Waals surface area contributed by atoms with Crippen LogP contribution >= 0.6 is 31.9 Å². The summed E-state index contributed by atoms with van der Waals surface area (Å²) in [5.41, 5.74) is 1.07. The summed E-state index contributed by atoms with van der Waals surface area (Å²) in [4.78, 5) is 6.93. The van der Waals surface area contributed by atoms with Gasteiger partial charge in [-0.1, -0.05) is 22.0 Å². The molecule has 1 aromatic carbocycles. The minimum atomic E-state index is -3.49. The smallest absolute Gasteiger partial charge is 0.244 e. The van der Waals surface area contributed by atoms with E-state index in [0.717, 1.165) is 36.2 Å². The van der Waals surface area contributed by atoms with Crippen LogP contribution in [0.5, 0.6) is 0 Å². The fourth-order valence-corrected chi connectivity index (χ4v) is 5.71. The van der Waals surface area contributed by atoms with Gasteiger partial charge in [0.25, 0.3) is 0 Å². The van der Waals surface area contributed by atoms with Crippen molar-refractivity contribution in [3.05, 3.63) is 57.2 Å². The first-order chi connectivity index (χ1) is 12.0. The molecule has 0 aliphatic carbocycles. The average Bonchev–Trinajstić information content (AvgIpc) is 2.63. The summed E-state index contributed by atoms with van der Waals surface area (Å²) in [5, 5.41) is 0. The highest BCUT2D eigenvalue weighted by Crippen LogP contribution is 2.28. The minimum Gasteiger partial charge on any atom is -0.300 e. The van der Waals surface area contributed by atoms with Gasteiger partial charge in [-0.25, -0.2) is 8.42 Å². The molecule has 0 atom stereocenters. The highest BCUT2D eigenvalue weighted by molar-refractivity contribution is 9.11. The van der Waals surface area contributed by atoms with Crippen molar-refractivity contribution < 1.29 is 8.42 Å². The molecule has 0 bridgehead atoms. The number of aromatic nitrogens is 1. The maximum atomic E-state index is 12.9. The Morgan fingerprint density at radius 3 is 2.48 bits per heavy atom. The van der Waals surface area contributed by atoms with E-state index < -0.39 is 10.0 Å². The fourth-order valence-electron chi connectivity index (χ4n) is 2.83. The van der Waals surface area contributed by atoms with Gasteiger partial charge in [-0.2, -0.15) is 4.31 Å². The van der Waals surface area contributed by atoms with Crippen molar-refractivity contribution >= 4 is 41.9 Å². The Balaban J connectivity index is 1.60. The van der Waals surface area contributed by atoms with Gasteiger partial charge in [-0.3, -0.25) is 4.98 Å². The number of pyridine rings is 1. The van der Waals surface area contributed by atoms with Crippen molar-refractivity contribution in [2.75, 3.05) is 32.7 Å². The lowest BCUT2D eigenvalue weighted by Gasteiger charge is -2.34. The number of halogens is 2. The van der Waals surface area contributed by atoms with E-state index in [9.17, 15) is 8.42 Å². The van der Waals surface area contributed by atoms with Crippen LogP contribution in [0.25, 0.3) is 0 Å². The maximum absolute atomic E-state index is 12.9. The topological polar surface area (TPSA) is 53.5 Å². The highest BCUT2D eigenvalue weighted by atomic mass is 79.9. The third-order valence-electron chi connectivity index (χ3n) is 4.25. The van der Waals surface area contributed by atoms with Crippen molar-refractivity contribution in [2.24, 2.45) is 0 Å². The monoisotopic (exact) mass is 487 g/mol. The molecule has 0 unspecified atom stereocenters. The second-order valence-electron chi connectivity index (χ2n) is 5.89. The van der Waals surface area contributed by atoms with Crippen molar-refractivity contribution in [2.45, 2.75) is 11.3 Å². The summed E-state index contributed by atoms with van der Waals surface area (Å²) in [6, 6.07) is 11.1. The van der Waals surface area contributed by atoms with Gasteiger partial charge in [0.1, 0.15) is 0 Å². The van der Waals surface area contributed by atoms with Crippen LogP contribution in [0.15, 0.2) is 56.4 Å². The molecule has 1 fully saturated rings. The van der Waals surface area contributed by atoms with E-state index in [1.54, 1.807) is 22.6 Å². The largest absolute Gasteiger partial charge is 0.300 e. The van der Waals surface area contributed by atoms with Gasteiger partial charge in [0.2, 0.25) is 10.0 Å². The number of piperazine rings is 1. The molecular weight excluding hydrogens is 470 g/mol. The van der Waals surface area contributed by atoms with Gasteiger partial charge in [0.05, 0.1) is 4.90 Å². The lowest BCUT2D eigenvalue weighted by Crippen LogP contribution is -2.49. The molecule has 2 aromatic rings. The van der Waals surface area contributed by atoms with Gasteiger partial charge < -0.3 is 4.90 Å². The molecule has 0 spiro atoms. The minimum absolute atomic E-state index is 0.309. The summed E-state index contributed by atoms with van der Waals surface area (Å²) in [6.07, 6.45) is 2.68. The summed E-state index contributed by atoms with van der Waals surface area (Å²) in [5.74, 6) is 0. The van der Waals surface area contributed by atoms with Crippen LogP contribution in [-0.2, 0) is 16.4 Å². The molecule has 0 amide bonds. The first kappa shape index (κ1) is 19.0. The summed E-state index contributed by atoms with van der Waals surface area (Å²) in [7, 11) is -3.49. The van der Waals surface area contributed by atoms with Crippen LogP contribution in [-0.4, -0.2) is 55.3 Å². The van der Waals surface area contributed by atoms with Crippen LogP contribution in [0.1, 0.15) is 5.69 Å². The molecular formula is C17H19Br2N3O2S. The number of hydrogen-bond donors (Lipinski definition) is 0. The number of rotatable bonds is 5. The van der Waals surface area contributed by atoms with Gasteiger partial charge in [0.15, 0.2) is 0 Å². The molecule has 0 N–H and O–H groups in total. The molecule has 1 aliphatic rings. The second kappa shape index (κ2) is 8.26. The van der Waals surface area contributed by atoms with Gasteiger partial charge in [-0.15, -0.1) is 0 Å². The van der Waals surface area contributed by atoms with E-state index in [2.05, 4.69) is 41.7 Å². The third-order valence-corrected chi connectivity index (χ3v) is 7.64. The van der Waals surface area contributed by atoms with Crippen molar-refractivity contribution in [3.63, 3.8) is 0 Å². The fraction of sp³-hybridized carbons (Fsp3) is 0.353. The van der Waals surface area contributed by atoms with Crippen LogP contribution in [0, 0.1) is 0 Å². The number of nitrogens with zero attached hydrogens (tertiary/aromatic N) is 3. The molecule has 3 rings (SSSR count). The van der Waals surface area contributed by atoms with Gasteiger partial charge >= 0.3 is 0 Å². The predicted molar refractivity (Wildman–Crippen MR) is 105 cm³/mol. The summed E-state index contributed by atoms with van der Waals surface area (Å²) >= 11 is 6.70. The van der Waals surface area contributed by atoms with Crippen molar-refractivity contribution in [3.8, 4) is 0 Å². The Morgan fingerprint density at radius 1 is 1.04 bits per heavy atom. The quantitative estimate of drug-likeness (QED) is 0.648. The molecule has 8 heteroatoms. The predicted octanol–water partition coefficient (Wildman–Crippen LogP) is 3.16. The molecule has 1 saturated heterocycles. The zero-order chi connectivity index (χ0) is 17.9. The van der Waals surface area contributed by atoms with Crippen molar-refractivity contribution in [1.29, 1.82) is 0 Å². The summed E-state index contributed by atoms with van der Waals surface area (Å²) < 4.78 is 28.7. The van der Waals surface area contributed by atoms with Crippen LogP contribution in [0.3, 0.4) is 0 Å². The van der Waals surface area contributed by atoms with E-state index in [1.807, 2.05) is 24.3 Å². The number of sulfonamides is 1. The van der Waals surface area contributed by atoms with Gasteiger partial charge in [0, 0.05) is 60.0 Å². The van der Waals surface area contributed by atoms with E-state index in [4.69, 9.17) is 0 Å². The normalized spacial score (nSPS) is 16.9. The standard InChI is InChI=1S/C17H19Br2N3O2S/c18-14-4-5-16(19)17(13-14)25(23,24)22-11-9-21(10-12-22)8-6-15-3-1-2-7-20-15/h1-5,7,13H,6,8-12H2. The highest BCUT2D eigenvalue weighted by Gasteiger charge is 2.30. The average molecular weight is 489 g/mol. The third kappa shape index (κ3) is 4.68. The van der Waals surface area contributed by atoms with Crippen LogP contribution in [0.4, 0.5) is 0 Å². The molecule has 5 nitrogen and oxygen atoms in total. The zero-order valence-corrected chi connectivity index (χ0v) is 17.6. The first-order valence-corrected chi connectivity index (χ1v) is 11.1. The SMILES string of the molecule is O=S(=O)(c1cc(Br)ccc1Br)N1CCN(CCc2ccccn2)CC1. The van der Waals surface area contributed by atoms with E-state index in [-0.39, 0.29) is 0 Å². The molecule has 1 aliphatic heterocycles. The van der Waals surface area contributed by atoms with E-state index in [1.165, 1.54) is 0 Å². The maximum Gasteiger partial charge on any atom is 0.244 e. The molecule has 2 heterocycles. The Morgan fingerprint density at radius 2 is 1.80 bits per heavy atom. The Labute approximate surface area is 165 Å². The van der Waals surface area contributed by atoms with Crippen LogP contribution < -0.4 is 0 Å². The Hall–Kier alpha value is -0.800. The molecule has 134 valence electrons. The van der Waals surface area contributed by atoms with Crippen LogP contribution in [0.2, 0.25) is 0 Å². The second-order valence-corrected chi connectivity index (χ2v) is 9.57. The lowest BCUT2D eigenvalue weighted by atomic mass is 10.2. The van der Waals surface area contributed by atoms with Crippen molar-refractivity contribution in [1.82, 2.24) is 14.2 Å². The molecule has 0 saturated carbocycles. The summed E-state index contributed by atoms with van der Waals surface area (Å²) in [6.45, 7) is 3.37. The number of benzene rings is 1. The Bertz CT molecular complexity index is 823. The number of hydrogen-bond acceptors (Lipinski definition) is 4. The first-order valence-electron chi connectivity index (χ1n) is 8.04. The lowest BCUT2D eigenvalue weighted by molar-refractivity contribution is 0.189.